The third kappa shape index (κ3) is 5.89. The van der Waals surface area contributed by atoms with Gasteiger partial charge in [0.05, 0.1) is 29.7 Å². The minimum absolute atomic E-state index is 0.0259. The summed E-state index contributed by atoms with van der Waals surface area (Å²) in [7, 11) is 3.14. The van der Waals surface area contributed by atoms with Gasteiger partial charge in [0.2, 0.25) is 0 Å². The average Bonchev–Trinajstić information content (AvgIpc) is 3.21. The first-order valence-electron chi connectivity index (χ1n) is 11.0. The van der Waals surface area contributed by atoms with Crippen molar-refractivity contribution in [1.82, 2.24) is 5.32 Å². The maximum atomic E-state index is 12.6. The number of rotatable bonds is 9. The number of nitrogens with zero attached hydrogens (tertiary/aromatic N) is 1. The quantitative estimate of drug-likeness (QED) is 0.234. The Balaban J connectivity index is 1.43. The lowest BCUT2D eigenvalue weighted by atomic mass is 10.2. The lowest BCUT2D eigenvalue weighted by molar-refractivity contribution is -0.384. The Morgan fingerprint density at radius 2 is 1.75 bits per heavy atom. The van der Waals surface area contributed by atoms with Crippen LogP contribution in [0.4, 0.5) is 11.4 Å². The number of benzene rings is 3. The summed E-state index contributed by atoms with van der Waals surface area (Å²) in [6, 6.07) is 17.4. The summed E-state index contributed by atoms with van der Waals surface area (Å²) in [6.45, 7) is 2.21. The number of ether oxygens (including phenoxy) is 3. The Bertz CT molecular complexity index is 1310. The highest BCUT2D eigenvalue weighted by Crippen LogP contribution is 2.35. The van der Waals surface area contributed by atoms with Gasteiger partial charge in [-0.2, -0.15) is 0 Å². The van der Waals surface area contributed by atoms with Crippen molar-refractivity contribution in [3.8, 4) is 17.2 Å². The number of methoxy groups -OCH3 is 2. The number of anilines is 1. The summed E-state index contributed by atoms with van der Waals surface area (Å²) in [6.07, 6.45) is 1.79. The van der Waals surface area contributed by atoms with E-state index in [0.29, 0.717) is 22.2 Å². The maximum Gasteiger partial charge on any atom is 0.269 e. The van der Waals surface area contributed by atoms with Crippen molar-refractivity contribution in [2.24, 2.45) is 0 Å². The van der Waals surface area contributed by atoms with Crippen molar-refractivity contribution in [3.05, 3.63) is 92.4 Å². The molecule has 9 nitrogen and oxygen atoms in total. The van der Waals surface area contributed by atoms with E-state index in [0.717, 1.165) is 22.4 Å². The molecule has 186 valence electrons. The molecule has 1 atom stereocenters. The zero-order valence-corrected chi connectivity index (χ0v) is 20.8. The molecule has 2 N–H and O–H groups in total. The number of aryl methyl sites for hydroxylation is 1. The summed E-state index contributed by atoms with van der Waals surface area (Å²) in [5, 5.41) is 17.0. The summed E-state index contributed by atoms with van der Waals surface area (Å²) in [5.41, 5.74) is 3.13. The Kier molecular flexibility index (Phi) is 7.65. The average molecular weight is 508 g/mol. The van der Waals surface area contributed by atoms with Crippen LogP contribution in [0.15, 0.2) is 65.6 Å². The number of hydrogen-bond acceptors (Lipinski definition) is 8. The molecular weight excluding hydrogens is 482 g/mol. The molecule has 1 saturated heterocycles. The minimum Gasteiger partial charge on any atom is -0.495 e. The number of carbonyl (C=O) groups is 1. The van der Waals surface area contributed by atoms with Crippen molar-refractivity contribution in [3.63, 3.8) is 0 Å². The number of non-ortho nitro benzene ring substituents is 1. The van der Waals surface area contributed by atoms with Crippen LogP contribution < -0.4 is 24.8 Å². The van der Waals surface area contributed by atoms with Crippen molar-refractivity contribution in [2.75, 3.05) is 19.5 Å². The predicted octanol–water partition coefficient (Wildman–Crippen LogP) is 5.10. The predicted molar refractivity (Wildman–Crippen MR) is 139 cm³/mol. The standard InChI is InChI=1S/C26H25N3O6S/c1-16-4-10-21(33-2)20(12-16)27-26-28-25(30)24(36-26)14-18-7-11-22(23(13-18)34-3)35-15-17-5-8-19(9-6-17)29(31)32/h4-14,26-27H,15H2,1-3H3,(H,28,30)/b24-14-. The zero-order valence-electron chi connectivity index (χ0n) is 19.9. The highest BCUT2D eigenvalue weighted by molar-refractivity contribution is 8.05. The first-order chi connectivity index (χ1) is 17.4. The van der Waals surface area contributed by atoms with Crippen molar-refractivity contribution < 1.29 is 23.9 Å². The van der Waals surface area contributed by atoms with Gasteiger partial charge in [-0.05, 0) is 66.1 Å². The van der Waals surface area contributed by atoms with E-state index in [1.807, 2.05) is 31.2 Å². The van der Waals surface area contributed by atoms with Crippen LogP contribution in [0, 0.1) is 17.0 Å². The Labute approximate surface area is 212 Å². The molecule has 1 amide bonds. The van der Waals surface area contributed by atoms with Crippen molar-refractivity contribution in [1.29, 1.82) is 0 Å². The lowest BCUT2D eigenvalue weighted by Crippen LogP contribution is -2.31. The van der Waals surface area contributed by atoms with E-state index in [2.05, 4.69) is 10.6 Å². The van der Waals surface area contributed by atoms with E-state index in [1.54, 1.807) is 37.5 Å². The van der Waals surface area contributed by atoms with Crippen molar-refractivity contribution in [2.45, 2.75) is 19.0 Å². The number of carbonyl (C=O) groups excluding carboxylic acids is 1. The fourth-order valence-corrected chi connectivity index (χ4v) is 4.54. The van der Waals surface area contributed by atoms with Gasteiger partial charge in [0.1, 0.15) is 12.4 Å². The van der Waals surface area contributed by atoms with E-state index >= 15 is 0 Å². The van der Waals surface area contributed by atoms with E-state index in [4.69, 9.17) is 14.2 Å². The molecule has 1 aliphatic heterocycles. The second-order valence-corrected chi connectivity index (χ2v) is 9.10. The molecule has 1 heterocycles. The summed E-state index contributed by atoms with van der Waals surface area (Å²) in [5.74, 6) is 1.55. The van der Waals surface area contributed by atoms with E-state index in [1.165, 1.54) is 31.0 Å². The van der Waals surface area contributed by atoms with Gasteiger partial charge >= 0.3 is 0 Å². The van der Waals surface area contributed by atoms with Crippen LogP contribution in [-0.4, -0.2) is 30.5 Å². The molecule has 3 aromatic carbocycles. The lowest BCUT2D eigenvalue weighted by Gasteiger charge is -2.16. The smallest absolute Gasteiger partial charge is 0.269 e. The number of nitro groups is 1. The van der Waals surface area contributed by atoms with E-state index < -0.39 is 4.92 Å². The topological polar surface area (TPSA) is 112 Å². The fraction of sp³-hybridized carbons (Fsp3) is 0.192. The van der Waals surface area contributed by atoms with Crippen LogP contribution in [0.1, 0.15) is 16.7 Å². The second kappa shape index (κ2) is 11.0. The van der Waals surface area contributed by atoms with Gasteiger partial charge in [0, 0.05) is 12.1 Å². The van der Waals surface area contributed by atoms with E-state index in [-0.39, 0.29) is 23.7 Å². The molecule has 0 saturated carbocycles. The first kappa shape index (κ1) is 24.9. The molecule has 0 bridgehead atoms. The number of thioether (sulfide) groups is 1. The molecule has 4 rings (SSSR count). The molecule has 1 fully saturated rings. The monoisotopic (exact) mass is 507 g/mol. The maximum absolute atomic E-state index is 12.6. The Hall–Kier alpha value is -4.18. The highest BCUT2D eigenvalue weighted by Gasteiger charge is 2.28. The number of hydrogen-bond donors (Lipinski definition) is 2. The van der Waals surface area contributed by atoms with Crippen LogP contribution in [0.2, 0.25) is 0 Å². The molecule has 0 aromatic heterocycles. The van der Waals surface area contributed by atoms with Gasteiger partial charge in [-0.3, -0.25) is 14.9 Å². The van der Waals surface area contributed by atoms with Gasteiger partial charge < -0.3 is 24.8 Å². The number of nitrogens with one attached hydrogen (secondary N) is 2. The summed E-state index contributed by atoms with van der Waals surface area (Å²) >= 11 is 1.38. The number of amides is 1. The van der Waals surface area contributed by atoms with Crippen molar-refractivity contribution >= 4 is 35.1 Å². The van der Waals surface area contributed by atoms with E-state index in [9.17, 15) is 14.9 Å². The van der Waals surface area contributed by atoms with Crippen LogP contribution >= 0.6 is 11.8 Å². The molecule has 0 spiro atoms. The van der Waals surface area contributed by atoms with Gasteiger partial charge in [0.25, 0.3) is 11.6 Å². The molecular formula is C26H25N3O6S. The fourth-order valence-electron chi connectivity index (χ4n) is 3.56. The Morgan fingerprint density at radius 3 is 2.44 bits per heavy atom. The second-order valence-electron chi connectivity index (χ2n) is 7.95. The third-order valence-corrected chi connectivity index (χ3v) is 6.43. The third-order valence-electron chi connectivity index (χ3n) is 5.40. The minimum atomic E-state index is -0.443. The molecule has 36 heavy (non-hydrogen) atoms. The molecule has 3 aromatic rings. The normalized spacial score (nSPS) is 15.9. The molecule has 1 aliphatic rings. The highest BCUT2D eigenvalue weighted by atomic mass is 32.2. The van der Waals surface area contributed by atoms with Crippen LogP contribution in [0.5, 0.6) is 17.2 Å². The largest absolute Gasteiger partial charge is 0.495 e. The zero-order chi connectivity index (χ0) is 25.7. The number of nitro benzene ring substituents is 1. The van der Waals surface area contributed by atoms with Crippen LogP contribution in [0.3, 0.4) is 0 Å². The first-order valence-corrected chi connectivity index (χ1v) is 11.9. The van der Waals surface area contributed by atoms with Gasteiger partial charge in [0.15, 0.2) is 17.0 Å². The van der Waals surface area contributed by atoms with Crippen LogP contribution in [0.25, 0.3) is 6.08 Å². The molecule has 0 radical (unpaired) electrons. The Morgan fingerprint density at radius 1 is 1.03 bits per heavy atom. The van der Waals surface area contributed by atoms with Gasteiger partial charge in [-0.1, -0.05) is 23.9 Å². The van der Waals surface area contributed by atoms with Gasteiger partial charge in [-0.15, -0.1) is 0 Å². The SMILES string of the molecule is COc1ccc(C)cc1NC1NC(=O)/C(=C/c2ccc(OCc3ccc([N+](=O)[O-])cc3)c(OC)c2)S1. The summed E-state index contributed by atoms with van der Waals surface area (Å²) in [4.78, 5) is 23.5. The summed E-state index contributed by atoms with van der Waals surface area (Å²) < 4.78 is 16.7. The molecule has 1 unspecified atom stereocenters. The van der Waals surface area contributed by atoms with Crippen LogP contribution in [-0.2, 0) is 11.4 Å². The molecule has 10 heteroatoms. The molecule has 0 aliphatic carbocycles. The van der Waals surface area contributed by atoms with Gasteiger partial charge in [-0.25, -0.2) is 0 Å².